The Labute approximate surface area is 160 Å². The third-order valence-corrected chi connectivity index (χ3v) is 5.31. The number of amides is 1. The van der Waals surface area contributed by atoms with Crippen LogP contribution < -0.4 is 16.2 Å². The van der Waals surface area contributed by atoms with Gasteiger partial charge in [0.25, 0.3) is 5.91 Å². The molecule has 1 aromatic rings. The number of nitrogens with zero attached hydrogens (tertiary/aromatic N) is 2. The monoisotopic (exact) mass is 372 g/mol. The summed E-state index contributed by atoms with van der Waals surface area (Å²) in [4.78, 5) is 19.7. The van der Waals surface area contributed by atoms with E-state index in [9.17, 15) is 4.79 Å². The average Bonchev–Trinajstić information content (AvgIpc) is 3.18. The first kappa shape index (κ1) is 19.1. The Morgan fingerprint density at radius 1 is 1.26 bits per heavy atom. The zero-order valence-electron chi connectivity index (χ0n) is 16.2. The summed E-state index contributed by atoms with van der Waals surface area (Å²) in [7, 11) is 1.78. The third kappa shape index (κ3) is 3.59. The predicted molar refractivity (Wildman–Crippen MR) is 104 cm³/mol. The smallest absolute Gasteiger partial charge is 0.260 e. The highest BCUT2D eigenvalue weighted by Gasteiger charge is 2.51. The summed E-state index contributed by atoms with van der Waals surface area (Å²) >= 11 is 0. The molecule has 1 aromatic carbocycles. The lowest BCUT2D eigenvalue weighted by Gasteiger charge is -2.33. The van der Waals surface area contributed by atoms with Gasteiger partial charge in [0.2, 0.25) is 0 Å². The van der Waals surface area contributed by atoms with E-state index in [-0.39, 0.29) is 30.0 Å². The van der Waals surface area contributed by atoms with Crippen LogP contribution in [0.15, 0.2) is 40.7 Å². The first-order chi connectivity index (χ1) is 12.8. The van der Waals surface area contributed by atoms with Crippen molar-refractivity contribution in [2.45, 2.75) is 57.8 Å². The van der Waals surface area contributed by atoms with Gasteiger partial charge in [-0.25, -0.2) is 0 Å². The van der Waals surface area contributed by atoms with Crippen molar-refractivity contribution >= 4 is 11.7 Å². The van der Waals surface area contributed by atoms with Crippen molar-refractivity contribution in [3.05, 3.63) is 41.1 Å². The van der Waals surface area contributed by atoms with Crippen molar-refractivity contribution in [3.63, 3.8) is 0 Å². The molecule has 4 N–H and O–H groups in total. The fourth-order valence-corrected chi connectivity index (χ4v) is 3.86. The summed E-state index contributed by atoms with van der Waals surface area (Å²) in [5.74, 6) is 0.651. The molecule has 0 radical (unpaired) electrons. The Hall–Kier alpha value is -2.70. The predicted octanol–water partition coefficient (Wildman–Crippen LogP) is 2.26. The van der Waals surface area contributed by atoms with Gasteiger partial charge in [-0.05, 0) is 44.4 Å². The van der Waals surface area contributed by atoms with E-state index in [2.05, 4.69) is 5.16 Å². The second-order valence-corrected chi connectivity index (χ2v) is 7.45. The number of hydrogen-bond acceptors (Lipinski definition) is 5. The maximum Gasteiger partial charge on any atom is 0.260 e. The van der Waals surface area contributed by atoms with E-state index < -0.39 is 5.54 Å². The standard InChI is InChI=1S/C20H28N4O3/c1-13(2)27-15-8-6-14(7-9-15)12-26-23-18(22)16-17(21)20(10-4-5-11-20)24(3)19(16)25/h6-9,13H,4-5,10-12,21H2,1-3H3,(H2,22,23). The van der Waals surface area contributed by atoms with Crippen LogP contribution in [0.4, 0.5) is 0 Å². The van der Waals surface area contributed by atoms with Crippen LogP contribution in [0.3, 0.4) is 0 Å². The number of amidine groups is 1. The SMILES string of the molecule is CC(C)Oc1ccc(CO/N=C(/N)C2=C(N)C3(CCCC3)N(C)C2=O)cc1. The highest BCUT2D eigenvalue weighted by molar-refractivity contribution is 6.22. The summed E-state index contributed by atoms with van der Waals surface area (Å²) in [5.41, 5.74) is 13.7. The number of ether oxygens (including phenoxy) is 1. The van der Waals surface area contributed by atoms with Crippen molar-refractivity contribution in [3.8, 4) is 5.75 Å². The fraction of sp³-hybridized carbons (Fsp3) is 0.500. The van der Waals surface area contributed by atoms with Gasteiger partial charge in [0, 0.05) is 7.05 Å². The van der Waals surface area contributed by atoms with Gasteiger partial charge < -0.3 is 25.9 Å². The topological polar surface area (TPSA) is 103 Å². The Kier molecular flexibility index (Phi) is 5.30. The van der Waals surface area contributed by atoms with Crippen LogP contribution in [0.5, 0.6) is 5.75 Å². The summed E-state index contributed by atoms with van der Waals surface area (Å²) in [6, 6.07) is 7.56. The Morgan fingerprint density at radius 3 is 2.48 bits per heavy atom. The van der Waals surface area contributed by atoms with E-state index in [1.165, 1.54) is 0 Å². The lowest BCUT2D eigenvalue weighted by molar-refractivity contribution is -0.127. The molecule has 7 nitrogen and oxygen atoms in total. The molecule has 1 fully saturated rings. The van der Waals surface area contributed by atoms with Gasteiger partial charge >= 0.3 is 0 Å². The van der Waals surface area contributed by atoms with Gasteiger partial charge in [-0.15, -0.1) is 0 Å². The van der Waals surface area contributed by atoms with E-state index in [0.717, 1.165) is 37.0 Å². The Bertz CT molecular complexity index is 762. The summed E-state index contributed by atoms with van der Waals surface area (Å²) in [5, 5.41) is 3.94. The van der Waals surface area contributed by atoms with Crippen molar-refractivity contribution in [2.24, 2.45) is 16.6 Å². The van der Waals surface area contributed by atoms with E-state index in [4.69, 9.17) is 21.0 Å². The largest absolute Gasteiger partial charge is 0.491 e. The summed E-state index contributed by atoms with van der Waals surface area (Å²) in [6.45, 7) is 4.20. The van der Waals surface area contributed by atoms with Crippen LogP contribution >= 0.6 is 0 Å². The minimum atomic E-state index is -0.404. The molecule has 3 rings (SSSR count). The number of benzene rings is 1. The van der Waals surface area contributed by atoms with E-state index >= 15 is 0 Å². The molecule has 0 saturated heterocycles. The molecular weight excluding hydrogens is 344 g/mol. The zero-order valence-corrected chi connectivity index (χ0v) is 16.2. The molecule has 1 amide bonds. The molecule has 1 aliphatic heterocycles. The summed E-state index contributed by atoms with van der Waals surface area (Å²) in [6.07, 6.45) is 3.96. The van der Waals surface area contributed by atoms with E-state index in [0.29, 0.717) is 5.70 Å². The molecule has 1 saturated carbocycles. The maximum absolute atomic E-state index is 12.6. The minimum absolute atomic E-state index is 0.0351. The molecule has 0 atom stereocenters. The molecule has 0 unspecified atom stereocenters. The highest BCUT2D eigenvalue weighted by Crippen LogP contribution is 2.44. The van der Waals surface area contributed by atoms with Gasteiger partial charge in [-0.2, -0.15) is 0 Å². The molecule has 27 heavy (non-hydrogen) atoms. The van der Waals surface area contributed by atoms with Crippen molar-refractivity contribution < 1.29 is 14.4 Å². The van der Waals surface area contributed by atoms with Crippen LogP contribution in [0.1, 0.15) is 45.1 Å². The average molecular weight is 372 g/mol. The molecule has 7 heteroatoms. The zero-order chi connectivity index (χ0) is 19.6. The van der Waals surface area contributed by atoms with Crippen LogP contribution in [-0.2, 0) is 16.2 Å². The molecule has 2 aliphatic rings. The number of likely N-dealkylation sites (N-methyl/N-ethyl adjacent to an activating group) is 1. The van der Waals surface area contributed by atoms with Gasteiger partial charge in [0.1, 0.15) is 17.9 Å². The highest BCUT2D eigenvalue weighted by atomic mass is 16.6. The molecule has 1 spiro atoms. The number of rotatable bonds is 6. The normalized spacial score (nSPS) is 19.5. The summed E-state index contributed by atoms with van der Waals surface area (Å²) < 4.78 is 5.61. The fourth-order valence-electron chi connectivity index (χ4n) is 3.86. The Morgan fingerprint density at radius 2 is 1.89 bits per heavy atom. The van der Waals surface area contributed by atoms with Crippen LogP contribution in [0, 0.1) is 0 Å². The van der Waals surface area contributed by atoms with Crippen molar-refractivity contribution in [1.82, 2.24) is 4.90 Å². The first-order valence-corrected chi connectivity index (χ1v) is 9.35. The van der Waals surface area contributed by atoms with E-state index in [1.807, 2.05) is 38.1 Å². The van der Waals surface area contributed by atoms with Crippen molar-refractivity contribution in [1.29, 1.82) is 0 Å². The molecular formula is C20H28N4O3. The molecule has 0 bridgehead atoms. The van der Waals surface area contributed by atoms with Gasteiger partial charge in [0.05, 0.1) is 17.3 Å². The second kappa shape index (κ2) is 7.50. The number of oxime groups is 1. The minimum Gasteiger partial charge on any atom is -0.491 e. The lowest BCUT2D eigenvalue weighted by Crippen LogP contribution is -2.45. The Balaban J connectivity index is 1.67. The third-order valence-electron chi connectivity index (χ3n) is 5.31. The van der Waals surface area contributed by atoms with Gasteiger partial charge in [-0.1, -0.05) is 30.1 Å². The van der Waals surface area contributed by atoms with Crippen LogP contribution in [0.2, 0.25) is 0 Å². The van der Waals surface area contributed by atoms with E-state index in [1.54, 1.807) is 11.9 Å². The second-order valence-electron chi connectivity index (χ2n) is 7.45. The molecule has 1 heterocycles. The molecule has 0 aromatic heterocycles. The number of carbonyl (C=O) groups is 1. The van der Waals surface area contributed by atoms with Gasteiger partial charge in [0.15, 0.2) is 5.84 Å². The van der Waals surface area contributed by atoms with Gasteiger partial charge in [-0.3, -0.25) is 4.79 Å². The quantitative estimate of drug-likeness (QED) is 0.453. The van der Waals surface area contributed by atoms with Crippen molar-refractivity contribution in [2.75, 3.05) is 7.05 Å². The molecule has 146 valence electrons. The molecule has 1 aliphatic carbocycles. The number of nitrogens with two attached hydrogens (primary N) is 2. The number of carbonyl (C=O) groups excluding carboxylic acids is 1. The lowest BCUT2D eigenvalue weighted by atomic mass is 9.93. The number of hydrogen-bond donors (Lipinski definition) is 2. The van der Waals surface area contributed by atoms with Crippen LogP contribution in [0.25, 0.3) is 0 Å². The van der Waals surface area contributed by atoms with Crippen LogP contribution in [-0.4, -0.2) is 35.3 Å². The maximum atomic E-state index is 12.6. The first-order valence-electron chi connectivity index (χ1n) is 9.35.